The number of amides is 1. The number of halogens is 1. The summed E-state index contributed by atoms with van der Waals surface area (Å²) in [6, 6.07) is 7.54. The molecule has 7 heteroatoms. The van der Waals surface area contributed by atoms with Crippen LogP contribution in [0.1, 0.15) is 39.5 Å². The second kappa shape index (κ2) is 9.08. The van der Waals surface area contributed by atoms with E-state index in [2.05, 4.69) is 21.7 Å². The molecule has 1 heterocycles. The molecule has 2 rings (SSSR count). The fourth-order valence-corrected chi connectivity index (χ4v) is 3.25. The first-order chi connectivity index (χ1) is 11.5. The number of carbonyl (C=O) groups excluding carboxylic acids is 1. The van der Waals surface area contributed by atoms with Crippen LogP contribution in [0, 0.1) is 0 Å². The Morgan fingerprint density at radius 2 is 1.96 bits per heavy atom. The topological polar surface area (TPSA) is 73.8 Å². The molecule has 24 heavy (non-hydrogen) atoms. The van der Waals surface area contributed by atoms with Gasteiger partial charge in [0, 0.05) is 17.1 Å². The van der Waals surface area contributed by atoms with Gasteiger partial charge in [-0.2, -0.15) is 0 Å². The van der Waals surface area contributed by atoms with Crippen LogP contribution in [0.3, 0.4) is 0 Å². The number of hydrogen-bond acceptors (Lipinski definition) is 4. The summed E-state index contributed by atoms with van der Waals surface area (Å²) in [4.78, 5) is 11.4. The Hall–Kier alpha value is -1.53. The van der Waals surface area contributed by atoms with Crippen molar-refractivity contribution in [3.05, 3.63) is 29.3 Å². The van der Waals surface area contributed by atoms with Crippen LogP contribution in [0.4, 0.5) is 0 Å². The molecule has 0 aliphatic heterocycles. The number of hydrogen-bond donors (Lipinski definition) is 1. The van der Waals surface area contributed by atoms with Crippen molar-refractivity contribution in [2.24, 2.45) is 5.73 Å². The molecule has 0 spiro atoms. The van der Waals surface area contributed by atoms with E-state index >= 15 is 0 Å². The lowest BCUT2D eigenvalue weighted by atomic mass is 10.2. The smallest absolute Gasteiger partial charge is 0.230 e. The lowest BCUT2D eigenvalue weighted by Crippen LogP contribution is -2.23. The van der Waals surface area contributed by atoms with Crippen molar-refractivity contribution in [3.8, 4) is 11.4 Å². The maximum Gasteiger partial charge on any atom is 0.230 e. The number of primary amides is 1. The zero-order valence-electron chi connectivity index (χ0n) is 14.0. The van der Waals surface area contributed by atoms with Crippen molar-refractivity contribution < 1.29 is 4.79 Å². The van der Waals surface area contributed by atoms with Gasteiger partial charge in [-0.25, -0.2) is 0 Å². The van der Waals surface area contributed by atoms with Gasteiger partial charge < -0.3 is 10.3 Å². The van der Waals surface area contributed by atoms with Crippen molar-refractivity contribution in [1.29, 1.82) is 0 Å². The molecular weight excluding hydrogens is 344 g/mol. The molecule has 0 unspecified atom stereocenters. The lowest BCUT2D eigenvalue weighted by molar-refractivity contribution is -0.117. The standard InChI is InChI=1S/C17H23ClN4OS/c1-3-4-5-6-11-22-16(13-7-9-14(18)10-8-13)20-21-17(22)24-12(2)15(19)23/h7-10,12H,3-6,11H2,1-2H3,(H2,19,23)/t12-/m0/s1. The minimum absolute atomic E-state index is 0.346. The Labute approximate surface area is 152 Å². The van der Waals surface area contributed by atoms with Crippen LogP contribution in [0.15, 0.2) is 29.4 Å². The second-order valence-electron chi connectivity index (χ2n) is 5.69. The van der Waals surface area contributed by atoms with Gasteiger partial charge in [0.05, 0.1) is 5.25 Å². The second-order valence-corrected chi connectivity index (χ2v) is 7.43. The van der Waals surface area contributed by atoms with Crippen LogP contribution < -0.4 is 5.73 Å². The molecule has 130 valence electrons. The van der Waals surface area contributed by atoms with Crippen LogP contribution >= 0.6 is 23.4 Å². The van der Waals surface area contributed by atoms with E-state index < -0.39 is 0 Å². The van der Waals surface area contributed by atoms with Crippen molar-refractivity contribution in [2.45, 2.75) is 56.5 Å². The molecule has 1 amide bonds. The summed E-state index contributed by atoms with van der Waals surface area (Å²) in [5.74, 6) is 0.441. The number of aromatic nitrogens is 3. The highest BCUT2D eigenvalue weighted by atomic mass is 35.5. The fraction of sp³-hybridized carbons (Fsp3) is 0.471. The first kappa shape index (κ1) is 18.8. The molecule has 1 atom stereocenters. The molecule has 0 aliphatic rings. The third kappa shape index (κ3) is 4.98. The van der Waals surface area contributed by atoms with Crippen LogP contribution in [-0.2, 0) is 11.3 Å². The van der Waals surface area contributed by atoms with Crippen LogP contribution in [0.5, 0.6) is 0 Å². The summed E-state index contributed by atoms with van der Waals surface area (Å²) in [5.41, 5.74) is 6.34. The van der Waals surface area contributed by atoms with E-state index in [-0.39, 0.29) is 11.2 Å². The van der Waals surface area contributed by atoms with E-state index in [9.17, 15) is 4.79 Å². The maximum atomic E-state index is 11.4. The van der Waals surface area contributed by atoms with Crippen molar-refractivity contribution in [3.63, 3.8) is 0 Å². The highest BCUT2D eigenvalue weighted by Crippen LogP contribution is 2.28. The van der Waals surface area contributed by atoms with Gasteiger partial charge in [0.2, 0.25) is 5.91 Å². The molecular formula is C17H23ClN4OS. The SMILES string of the molecule is CCCCCCn1c(S[C@@H](C)C(N)=O)nnc1-c1ccc(Cl)cc1. The summed E-state index contributed by atoms with van der Waals surface area (Å²) in [6.07, 6.45) is 4.60. The highest BCUT2D eigenvalue weighted by Gasteiger charge is 2.19. The summed E-state index contributed by atoms with van der Waals surface area (Å²) >= 11 is 7.32. The maximum absolute atomic E-state index is 11.4. The molecule has 0 saturated heterocycles. The van der Waals surface area contributed by atoms with E-state index in [0.29, 0.717) is 5.02 Å². The number of thioether (sulfide) groups is 1. The molecule has 0 aliphatic carbocycles. The molecule has 0 bridgehead atoms. The van der Waals surface area contributed by atoms with E-state index in [1.54, 1.807) is 6.92 Å². The van der Waals surface area contributed by atoms with E-state index in [4.69, 9.17) is 17.3 Å². The van der Waals surface area contributed by atoms with Gasteiger partial charge in [-0.1, -0.05) is 49.5 Å². The van der Waals surface area contributed by atoms with Crippen LogP contribution in [0.25, 0.3) is 11.4 Å². The average molecular weight is 367 g/mol. The summed E-state index contributed by atoms with van der Waals surface area (Å²) in [7, 11) is 0. The lowest BCUT2D eigenvalue weighted by Gasteiger charge is -2.12. The number of nitrogens with zero attached hydrogens (tertiary/aromatic N) is 3. The predicted molar refractivity (Wildman–Crippen MR) is 99.1 cm³/mol. The fourth-order valence-electron chi connectivity index (χ4n) is 2.30. The zero-order valence-corrected chi connectivity index (χ0v) is 15.6. The Balaban J connectivity index is 2.26. The monoisotopic (exact) mass is 366 g/mol. The first-order valence-electron chi connectivity index (χ1n) is 8.18. The molecule has 5 nitrogen and oxygen atoms in total. The molecule has 0 fully saturated rings. The zero-order chi connectivity index (χ0) is 17.5. The molecule has 0 radical (unpaired) electrons. The van der Waals surface area contributed by atoms with Gasteiger partial charge in [-0.05, 0) is 37.6 Å². The van der Waals surface area contributed by atoms with E-state index in [1.165, 1.54) is 24.6 Å². The largest absolute Gasteiger partial charge is 0.369 e. The summed E-state index contributed by atoms with van der Waals surface area (Å²) < 4.78 is 2.07. The van der Waals surface area contributed by atoms with Gasteiger partial charge in [-0.3, -0.25) is 4.79 Å². The van der Waals surface area contributed by atoms with Crippen molar-refractivity contribution in [2.75, 3.05) is 0 Å². The van der Waals surface area contributed by atoms with Gasteiger partial charge in [-0.15, -0.1) is 10.2 Å². The van der Waals surface area contributed by atoms with Crippen molar-refractivity contribution >= 4 is 29.3 Å². The molecule has 1 aromatic carbocycles. The molecule has 0 saturated carbocycles. The minimum Gasteiger partial charge on any atom is -0.369 e. The van der Waals surface area contributed by atoms with Gasteiger partial charge >= 0.3 is 0 Å². The Morgan fingerprint density at radius 1 is 1.25 bits per heavy atom. The number of rotatable bonds is 9. The van der Waals surface area contributed by atoms with Gasteiger partial charge in [0.1, 0.15) is 0 Å². The van der Waals surface area contributed by atoms with E-state index in [0.717, 1.165) is 35.9 Å². The minimum atomic E-state index is -0.353. The highest BCUT2D eigenvalue weighted by molar-refractivity contribution is 8.00. The summed E-state index contributed by atoms with van der Waals surface area (Å²) in [5, 5.41) is 9.66. The van der Waals surface area contributed by atoms with Crippen LogP contribution in [0.2, 0.25) is 5.02 Å². The third-order valence-corrected chi connectivity index (χ3v) is 5.09. The normalized spacial score (nSPS) is 12.3. The number of carbonyl (C=O) groups is 1. The third-order valence-electron chi connectivity index (χ3n) is 3.74. The molecule has 2 N–H and O–H groups in total. The summed E-state index contributed by atoms with van der Waals surface area (Å²) in [6.45, 7) is 4.79. The van der Waals surface area contributed by atoms with Gasteiger partial charge in [0.15, 0.2) is 11.0 Å². The Kier molecular flexibility index (Phi) is 7.12. The predicted octanol–water partition coefficient (Wildman–Crippen LogP) is 4.14. The Bertz CT molecular complexity index is 672. The first-order valence-corrected chi connectivity index (χ1v) is 9.43. The Morgan fingerprint density at radius 3 is 2.58 bits per heavy atom. The van der Waals surface area contributed by atoms with E-state index in [1.807, 2.05) is 24.3 Å². The average Bonchev–Trinajstić information content (AvgIpc) is 2.95. The quantitative estimate of drug-likeness (QED) is 0.534. The number of unbranched alkanes of at least 4 members (excludes halogenated alkanes) is 3. The number of nitrogens with two attached hydrogens (primary N) is 1. The van der Waals surface area contributed by atoms with Gasteiger partial charge in [0.25, 0.3) is 0 Å². The molecule has 2 aromatic rings. The number of benzene rings is 1. The van der Waals surface area contributed by atoms with Crippen molar-refractivity contribution in [1.82, 2.24) is 14.8 Å². The molecule has 1 aromatic heterocycles. The van der Waals surface area contributed by atoms with Crippen LogP contribution in [-0.4, -0.2) is 25.9 Å².